The fourth-order valence-electron chi connectivity index (χ4n) is 3.47. The van der Waals surface area contributed by atoms with Crippen LogP contribution < -0.4 is 11.1 Å². The predicted octanol–water partition coefficient (Wildman–Crippen LogP) is 2.92. The van der Waals surface area contributed by atoms with Gasteiger partial charge < -0.3 is 15.8 Å². The molecule has 2 amide bonds. The maximum absolute atomic E-state index is 12.6. The highest BCUT2D eigenvalue weighted by molar-refractivity contribution is 7.18. The zero-order chi connectivity index (χ0) is 20.3. The molecule has 7 nitrogen and oxygen atoms in total. The number of hydrogen-bond donors (Lipinski definition) is 2. The van der Waals surface area contributed by atoms with Crippen LogP contribution in [0.1, 0.15) is 72.6 Å². The van der Waals surface area contributed by atoms with E-state index < -0.39 is 11.9 Å². The second kappa shape index (κ2) is 8.84. The van der Waals surface area contributed by atoms with E-state index in [-0.39, 0.29) is 29.0 Å². The van der Waals surface area contributed by atoms with Crippen LogP contribution in [0, 0.1) is 6.92 Å². The molecule has 0 spiro atoms. The summed E-state index contributed by atoms with van der Waals surface area (Å²) >= 11 is 1.02. The molecule has 150 valence electrons. The highest BCUT2D eigenvalue weighted by Crippen LogP contribution is 2.34. The first kappa shape index (κ1) is 21.4. The van der Waals surface area contributed by atoms with Gasteiger partial charge in [0, 0.05) is 12.1 Å². The fraction of sp³-hybridized carbons (Fsp3) is 0.632. The number of nitrogens with one attached hydrogen (secondary N) is 1. The normalized spacial score (nSPS) is 20.5. The minimum atomic E-state index is -0.630. The molecule has 0 saturated carbocycles. The van der Waals surface area contributed by atoms with Crippen LogP contribution in [0.2, 0.25) is 0 Å². The minimum Gasteiger partial charge on any atom is -0.459 e. The topological polar surface area (TPSA) is 102 Å². The third kappa shape index (κ3) is 5.07. The highest BCUT2D eigenvalue weighted by atomic mass is 32.1. The molecule has 2 rings (SSSR count). The summed E-state index contributed by atoms with van der Waals surface area (Å²) in [5.41, 5.74) is 6.06. The molecule has 1 aliphatic rings. The first-order valence-corrected chi connectivity index (χ1v) is 10.1. The van der Waals surface area contributed by atoms with E-state index in [0.29, 0.717) is 22.6 Å². The maximum atomic E-state index is 12.6. The number of carbonyl (C=O) groups excluding carboxylic acids is 3. The molecular formula is C19H29N3O4S. The van der Waals surface area contributed by atoms with Gasteiger partial charge in [-0.15, -0.1) is 11.3 Å². The van der Waals surface area contributed by atoms with Gasteiger partial charge in [-0.25, -0.2) is 4.79 Å². The molecule has 2 unspecified atom stereocenters. The van der Waals surface area contributed by atoms with Gasteiger partial charge in [-0.1, -0.05) is 6.42 Å². The minimum absolute atomic E-state index is 0.204. The van der Waals surface area contributed by atoms with Crippen LogP contribution in [0.5, 0.6) is 0 Å². The van der Waals surface area contributed by atoms with Gasteiger partial charge in [0.25, 0.3) is 5.91 Å². The number of esters is 1. The first-order chi connectivity index (χ1) is 12.6. The number of rotatable bonds is 6. The third-order valence-electron chi connectivity index (χ3n) is 4.87. The van der Waals surface area contributed by atoms with E-state index in [1.165, 1.54) is 0 Å². The molecule has 1 aliphatic heterocycles. The van der Waals surface area contributed by atoms with E-state index in [9.17, 15) is 14.4 Å². The molecule has 1 fully saturated rings. The lowest BCUT2D eigenvalue weighted by atomic mass is 9.97. The van der Waals surface area contributed by atoms with Crippen LogP contribution in [0.3, 0.4) is 0 Å². The molecule has 1 saturated heterocycles. The van der Waals surface area contributed by atoms with Crippen molar-refractivity contribution >= 4 is 34.1 Å². The van der Waals surface area contributed by atoms with Crippen molar-refractivity contribution in [1.29, 1.82) is 0 Å². The Labute approximate surface area is 164 Å². The summed E-state index contributed by atoms with van der Waals surface area (Å²) in [6, 6.07) is 0.659. The van der Waals surface area contributed by atoms with Gasteiger partial charge in [-0.3, -0.25) is 14.5 Å². The summed E-state index contributed by atoms with van der Waals surface area (Å²) in [5, 5.41) is 3.11. The summed E-state index contributed by atoms with van der Waals surface area (Å²) in [6.07, 6.45) is 2.98. The van der Waals surface area contributed by atoms with Crippen molar-refractivity contribution in [2.45, 2.75) is 72.1 Å². The molecule has 0 aliphatic carbocycles. The molecule has 0 bridgehead atoms. The molecule has 2 atom stereocenters. The van der Waals surface area contributed by atoms with E-state index >= 15 is 0 Å². The van der Waals surface area contributed by atoms with E-state index in [4.69, 9.17) is 10.5 Å². The van der Waals surface area contributed by atoms with Crippen LogP contribution in [0.25, 0.3) is 0 Å². The van der Waals surface area contributed by atoms with Gasteiger partial charge in [0.1, 0.15) is 5.00 Å². The molecular weight excluding hydrogens is 366 g/mol. The van der Waals surface area contributed by atoms with Crippen molar-refractivity contribution in [3.63, 3.8) is 0 Å². The van der Waals surface area contributed by atoms with Gasteiger partial charge in [-0.05, 0) is 53.0 Å². The Morgan fingerprint density at radius 1 is 1.26 bits per heavy atom. The SMILES string of the molecule is Cc1c(C(N)=O)sc(NC(=O)CN2C(C)CCCC2C)c1C(=O)OC(C)C. The Bertz CT molecular complexity index is 719. The second-order valence-corrected chi connectivity index (χ2v) is 8.45. The quantitative estimate of drug-likeness (QED) is 0.721. The zero-order valence-electron chi connectivity index (χ0n) is 16.6. The first-order valence-electron chi connectivity index (χ1n) is 9.31. The number of nitrogens with zero attached hydrogens (tertiary/aromatic N) is 1. The van der Waals surface area contributed by atoms with Gasteiger partial charge >= 0.3 is 5.97 Å². The Morgan fingerprint density at radius 2 is 1.85 bits per heavy atom. The van der Waals surface area contributed by atoms with Crippen molar-refractivity contribution in [2.24, 2.45) is 5.73 Å². The molecule has 8 heteroatoms. The number of primary amides is 1. The number of piperidine rings is 1. The van der Waals surface area contributed by atoms with E-state index in [1.54, 1.807) is 20.8 Å². The Morgan fingerprint density at radius 3 is 2.37 bits per heavy atom. The highest BCUT2D eigenvalue weighted by Gasteiger charge is 2.29. The number of thiophene rings is 1. The maximum Gasteiger partial charge on any atom is 0.341 e. The largest absolute Gasteiger partial charge is 0.459 e. The molecule has 0 radical (unpaired) electrons. The Kier molecular flexibility index (Phi) is 7.00. The van der Waals surface area contributed by atoms with Crippen molar-refractivity contribution in [2.75, 3.05) is 11.9 Å². The number of nitrogens with two attached hydrogens (primary N) is 1. The summed E-state index contributed by atoms with van der Waals surface area (Å²) in [5.74, 6) is -1.41. The summed E-state index contributed by atoms with van der Waals surface area (Å²) in [6.45, 7) is 9.60. The van der Waals surface area contributed by atoms with Gasteiger partial charge in [0.2, 0.25) is 5.91 Å². The lowest BCUT2D eigenvalue weighted by Crippen LogP contribution is -2.47. The summed E-state index contributed by atoms with van der Waals surface area (Å²) in [4.78, 5) is 39.2. The van der Waals surface area contributed by atoms with E-state index in [1.807, 2.05) is 0 Å². The average Bonchev–Trinajstić information content (AvgIpc) is 2.87. The number of carbonyl (C=O) groups is 3. The van der Waals surface area contributed by atoms with Crippen LogP contribution in [0.15, 0.2) is 0 Å². The third-order valence-corrected chi connectivity index (χ3v) is 6.09. The lowest BCUT2D eigenvalue weighted by Gasteiger charge is -2.38. The van der Waals surface area contributed by atoms with Gasteiger partial charge in [-0.2, -0.15) is 0 Å². The summed E-state index contributed by atoms with van der Waals surface area (Å²) in [7, 11) is 0. The molecule has 0 aromatic carbocycles. The van der Waals surface area contributed by atoms with Crippen molar-refractivity contribution in [3.05, 3.63) is 16.0 Å². The Hall–Kier alpha value is -1.93. The van der Waals surface area contributed by atoms with Crippen LogP contribution >= 0.6 is 11.3 Å². The zero-order valence-corrected chi connectivity index (χ0v) is 17.4. The number of ether oxygens (including phenoxy) is 1. The van der Waals surface area contributed by atoms with Crippen molar-refractivity contribution < 1.29 is 19.1 Å². The summed E-state index contributed by atoms with van der Waals surface area (Å²) < 4.78 is 5.27. The van der Waals surface area contributed by atoms with Crippen LogP contribution in [0.4, 0.5) is 5.00 Å². The second-order valence-electron chi connectivity index (χ2n) is 7.43. The number of amides is 2. The van der Waals surface area contributed by atoms with E-state index in [0.717, 1.165) is 30.6 Å². The molecule has 27 heavy (non-hydrogen) atoms. The van der Waals surface area contributed by atoms with Gasteiger partial charge in [0.15, 0.2) is 0 Å². The monoisotopic (exact) mass is 395 g/mol. The fourth-order valence-corrected chi connectivity index (χ4v) is 4.54. The number of anilines is 1. The van der Waals surface area contributed by atoms with E-state index in [2.05, 4.69) is 24.1 Å². The molecule has 2 heterocycles. The smallest absolute Gasteiger partial charge is 0.341 e. The predicted molar refractivity (Wildman–Crippen MR) is 106 cm³/mol. The van der Waals surface area contributed by atoms with Crippen LogP contribution in [-0.4, -0.2) is 47.4 Å². The molecule has 3 N–H and O–H groups in total. The van der Waals surface area contributed by atoms with Gasteiger partial charge in [0.05, 0.1) is 23.1 Å². The Balaban J connectivity index is 2.23. The lowest BCUT2D eigenvalue weighted by molar-refractivity contribution is -0.118. The standard InChI is InChI=1S/C19H29N3O4S/c1-10(2)26-19(25)15-13(5)16(17(20)24)27-18(15)21-14(23)9-22-11(3)7-6-8-12(22)4/h10-12H,6-9H2,1-5H3,(H2,20,24)(H,21,23). The van der Waals surface area contributed by atoms with Crippen LogP contribution in [-0.2, 0) is 9.53 Å². The number of hydrogen-bond acceptors (Lipinski definition) is 6. The van der Waals surface area contributed by atoms with Crippen molar-refractivity contribution in [1.82, 2.24) is 4.90 Å². The molecule has 1 aromatic heterocycles. The van der Waals surface area contributed by atoms with Crippen molar-refractivity contribution in [3.8, 4) is 0 Å². The number of likely N-dealkylation sites (tertiary alicyclic amines) is 1. The molecule has 1 aromatic rings. The average molecular weight is 396 g/mol.